The summed E-state index contributed by atoms with van der Waals surface area (Å²) in [5.41, 5.74) is 5.24. The van der Waals surface area contributed by atoms with Crippen molar-refractivity contribution in [1.29, 1.82) is 0 Å². The van der Waals surface area contributed by atoms with E-state index in [0.29, 0.717) is 18.9 Å². The Kier molecular flexibility index (Phi) is 3.91. The Hall–Kier alpha value is -0.650. The van der Waals surface area contributed by atoms with Crippen LogP contribution in [-0.2, 0) is 14.3 Å². The van der Waals surface area contributed by atoms with Gasteiger partial charge < -0.3 is 15.2 Å². The number of carbonyl (C=O) groups is 1. The van der Waals surface area contributed by atoms with Crippen molar-refractivity contribution in [3.8, 4) is 0 Å². The van der Waals surface area contributed by atoms with E-state index in [2.05, 4.69) is 25.7 Å². The van der Waals surface area contributed by atoms with Gasteiger partial charge in [-0.25, -0.2) is 0 Å². The van der Waals surface area contributed by atoms with E-state index in [1.54, 1.807) is 0 Å². The standard InChI is InChI=1S/C14H26N2O3/c1-10-8-16(9-13(2,3)19-10)11-5-6-14(15,7-11)12(17)18-4/h10-11H,5-9,15H2,1-4H3. The summed E-state index contributed by atoms with van der Waals surface area (Å²) in [6, 6.07) is 0.356. The Morgan fingerprint density at radius 3 is 2.74 bits per heavy atom. The molecule has 0 aromatic heterocycles. The van der Waals surface area contributed by atoms with E-state index in [0.717, 1.165) is 19.5 Å². The van der Waals surface area contributed by atoms with Gasteiger partial charge in [0.25, 0.3) is 0 Å². The van der Waals surface area contributed by atoms with Crippen molar-refractivity contribution in [2.45, 2.75) is 63.3 Å². The molecule has 0 amide bonds. The summed E-state index contributed by atoms with van der Waals surface area (Å²) in [6.45, 7) is 8.12. The normalized spacial score (nSPS) is 39.2. The molecule has 3 atom stereocenters. The largest absolute Gasteiger partial charge is 0.468 e. The summed E-state index contributed by atoms with van der Waals surface area (Å²) in [5, 5.41) is 0. The molecule has 1 heterocycles. The van der Waals surface area contributed by atoms with Gasteiger partial charge in [0.05, 0.1) is 18.8 Å². The lowest BCUT2D eigenvalue weighted by molar-refractivity contribution is -0.148. The van der Waals surface area contributed by atoms with Crippen molar-refractivity contribution in [2.75, 3.05) is 20.2 Å². The molecule has 0 aromatic rings. The van der Waals surface area contributed by atoms with Gasteiger partial charge in [-0.2, -0.15) is 0 Å². The number of hydrogen-bond donors (Lipinski definition) is 1. The minimum atomic E-state index is -0.800. The molecule has 3 unspecified atom stereocenters. The van der Waals surface area contributed by atoms with Crippen LogP contribution in [0, 0.1) is 0 Å². The number of hydrogen-bond acceptors (Lipinski definition) is 5. The zero-order valence-corrected chi connectivity index (χ0v) is 12.4. The number of nitrogens with two attached hydrogens (primary N) is 1. The second kappa shape index (κ2) is 5.04. The van der Waals surface area contributed by atoms with Crippen LogP contribution in [0.2, 0.25) is 0 Å². The van der Waals surface area contributed by atoms with Gasteiger partial charge in [0, 0.05) is 19.1 Å². The third kappa shape index (κ3) is 3.09. The van der Waals surface area contributed by atoms with Crippen LogP contribution in [0.25, 0.3) is 0 Å². The van der Waals surface area contributed by atoms with Crippen LogP contribution in [-0.4, -0.2) is 54.4 Å². The molecule has 1 saturated carbocycles. The fraction of sp³-hybridized carbons (Fsp3) is 0.929. The summed E-state index contributed by atoms with van der Waals surface area (Å²) >= 11 is 0. The Labute approximate surface area is 115 Å². The molecule has 0 radical (unpaired) electrons. The van der Waals surface area contributed by atoms with Crippen LogP contribution in [0.5, 0.6) is 0 Å². The highest BCUT2D eigenvalue weighted by molar-refractivity contribution is 5.81. The van der Waals surface area contributed by atoms with Gasteiger partial charge in [-0.3, -0.25) is 9.69 Å². The Morgan fingerprint density at radius 2 is 2.16 bits per heavy atom. The van der Waals surface area contributed by atoms with E-state index in [9.17, 15) is 4.79 Å². The number of rotatable bonds is 2. The molecule has 1 aliphatic heterocycles. The molecule has 2 N–H and O–H groups in total. The van der Waals surface area contributed by atoms with Gasteiger partial charge in [-0.05, 0) is 40.0 Å². The van der Waals surface area contributed by atoms with Gasteiger partial charge in [0.15, 0.2) is 0 Å². The molecule has 0 spiro atoms. The van der Waals surface area contributed by atoms with E-state index >= 15 is 0 Å². The van der Waals surface area contributed by atoms with Crippen molar-refractivity contribution < 1.29 is 14.3 Å². The second-order valence-corrected chi connectivity index (χ2v) is 6.66. The fourth-order valence-corrected chi connectivity index (χ4v) is 3.53. The number of nitrogens with zero attached hydrogens (tertiary/aromatic N) is 1. The number of ether oxygens (including phenoxy) is 2. The highest BCUT2D eigenvalue weighted by Crippen LogP contribution is 2.34. The Bertz CT molecular complexity index is 359. The zero-order valence-electron chi connectivity index (χ0n) is 12.4. The van der Waals surface area contributed by atoms with Gasteiger partial charge in [-0.1, -0.05) is 0 Å². The number of morpholine rings is 1. The molecule has 110 valence electrons. The Morgan fingerprint density at radius 1 is 1.47 bits per heavy atom. The summed E-state index contributed by atoms with van der Waals surface area (Å²) in [7, 11) is 1.41. The first kappa shape index (κ1) is 14.8. The molecule has 5 heteroatoms. The van der Waals surface area contributed by atoms with Crippen molar-refractivity contribution in [2.24, 2.45) is 5.73 Å². The van der Waals surface area contributed by atoms with E-state index in [-0.39, 0.29) is 17.7 Å². The number of esters is 1. The average Bonchev–Trinajstić information content (AvgIpc) is 2.69. The summed E-state index contributed by atoms with van der Waals surface area (Å²) in [4.78, 5) is 14.2. The van der Waals surface area contributed by atoms with Crippen LogP contribution >= 0.6 is 0 Å². The zero-order chi connectivity index (χ0) is 14.3. The quantitative estimate of drug-likeness (QED) is 0.756. The lowest BCUT2D eigenvalue weighted by Crippen LogP contribution is -2.56. The van der Waals surface area contributed by atoms with Crippen molar-refractivity contribution >= 4 is 5.97 Å². The van der Waals surface area contributed by atoms with E-state index < -0.39 is 5.54 Å². The molecule has 0 bridgehead atoms. The molecule has 1 saturated heterocycles. The van der Waals surface area contributed by atoms with E-state index in [1.807, 2.05) is 0 Å². The first-order chi connectivity index (χ1) is 8.76. The van der Waals surface area contributed by atoms with Crippen LogP contribution in [0.15, 0.2) is 0 Å². The maximum Gasteiger partial charge on any atom is 0.325 e. The summed E-state index contributed by atoms with van der Waals surface area (Å²) in [6.07, 6.45) is 2.56. The maximum atomic E-state index is 11.8. The molecular formula is C14H26N2O3. The first-order valence-electron chi connectivity index (χ1n) is 7.05. The Balaban J connectivity index is 2.02. The van der Waals surface area contributed by atoms with Crippen LogP contribution in [0.1, 0.15) is 40.0 Å². The van der Waals surface area contributed by atoms with Crippen LogP contribution < -0.4 is 5.73 Å². The summed E-state index contributed by atoms with van der Waals surface area (Å²) < 4.78 is 10.7. The number of methoxy groups -OCH3 is 1. The number of carbonyl (C=O) groups excluding carboxylic acids is 1. The third-order valence-corrected chi connectivity index (χ3v) is 4.23. The van der Waals surface area contributed by atoms with Gasteiger partial charge in [0.2, 0.25) is 0 Å². The van der Waals surface area contributed by atoms with Gasteiger partial charge >= 0.3 is 5.97 Å². The maximum absolute atomic E-state index is 11.8. The minimum absolute atomic E-state index is 0.136. The van der Waals surface area contributed by atoms with Crippen LogP contribution in [0.3, 0.4) is 0 Å². The molecule has 5 nitrogen and oxygen atoms in total. The minimum Gasteiger partial charge on any atom is -0.468 e. The van der Waals surface area contributed by atoms with E-state index in [4.69, 9.17) is 15.2 Å². The van der Waals surface area contributed by atoms with E-state index in [1.165, 1.54) is 7.11 Å². The van der Waals surface area contributed by atoms with Crippen molar-refractivity contribution in [3.05, 3.63) is 0 Å². The molecule has 2 aliphatic rings. The topological polar surface area (TPSA) is 64.8 Å². The lowest BCUT2D eigenvalue weighted by Gasteiger charge is -2.44. The fourth-order valence-electron chi connectivity index (χ4n) is 3.53. The van der Waals surface area contributed by atoms with Crippen molar-refractivity contribution in [3.63, 3.8) is 0 Å². The second-order valence-electron chi connectivity index (χ2n) is 6.66. The molecule has 0 aromatic carbocycles. The smallest absolute Gasteiger partial charge is 0.325 e. The van der Waals surface area contributed by atoms with Crippen molar-refractivity contribution in [1.82, 2.24) is 4.90 Å². The average molecular weight is 270 g/mol. The molecular weight excluding hydrogens is 244 g/mol. The molecule has 19 heavy (non-hydrogen) atoms. The summed E-state index contributed by atoms with van der Waals surface area (Å²) in [5.74, 6) is -0.282. The molecule has 1 aliphatic carbocycles. The van der Waals surface area contributed by atoms with Gasteiger partial charge in [0.1, 0.15) is 5.54 Å². The highest BCUT2D eigenvalue weighted by Gasteiger charge is 2.46. The monoisotopic (exact) mass is 270 g/mol. The highest BCUT2D eigenvalue weighted by atomic mass is 16.5. The molecule has 2 rings (SSSR count). The predicted molar refractivity (Wildman–Crippen MR) is 72.8 cm³/mol. The van der Waals surface area contributed by atoms with Crippen LogP contribution in [0.4, 0.5) is 0 Å². The predicted octanol–water partition coefficient (Wildman–Crippen LogP) is 0.909. The SMILES string of the molecule is COC(=O)C1(N)CCC(N2CC(C)OC(C)(C)C2)C1. The molecule has 2 fully saturated rings. The van der Waals surface area contributed by atoms with Gasteiger partial charge in [-0.15, -0.1) is 0 Å². The first-order valence-corrected chi connectivity index (χ1v) is 7.05. The lowest BCUT2D eigenvalue weighted by atomic mass is 9.98. The third-order valence-electron chi connectivity index (χ3n) is 4.23.